The van der Waals surface area contributed by atoms with Gasteiger partial charge in [-0.3, -0.25) is 0 Å². The van der Waals surface area contributed by atoms with Crippen LogP contribution in [0.1, 0.15) is 62.7 Å². The van der Waals surface area contributed by atoms with Gasteiger partial charge in [0.15, 0.2) is 0 Å². The van der Waals surface area contributed by atoms with Gasteiger partial charge in [-0.1, -0.05) is 51.2 Å². The van der Waals surface area contributed by atoms with Crippen molar-refractivity contribution in [3.8, 4) is 0 Å². The second-order valence-corrected chi connectivity index (χ2v) is 4.96. The van der Waals surface area contributed by atoms with E-state index in [2.05, 4.69) is 12.2 Å². The molecule has 3 nitrogen and oxygen atoms in total. The largest absolute Gasteiger partial charge is 0.462 e. The van der Waals surface area contributed by atoms with Gasteiger partial charge in [0.25, 0.3) is 0 Å². The average molecular weight is 277 g/mol. The molecule has 112 valence electrons. The fourth-order valence-corrected chi connectivity index (χ4v) is 2.15. The van der Waals surface area contributed by atoms with Gasteiger partial charge < -0.3 is 10.1 Å². The third-order valence-corrected chi connectivity index (χ3v) is 3.27. The minimum Gasteiger partial charge on any atom is -0.462 e. The van der Waals surface area contributed by atoms with Crippen molar-refractivity contribution in [2.24, 2.45) is 0 Å². The maximum Gasteiger partial charge on any atom is 0.340 e. The van der Waals surface area contributed by atoms with Gasteiger partial charge >= 0.3 is 5.97 Å². The van der Waals surface area contributed by atoms with E-state index in [1.165, 1.54) is 32.1 Å². The molecule has 0 saturated carbocycles. The van der Waals surface area contributed by atoms with E-state index in [1.54, 1.807) is 0 Å². The number of anilines is 1. The number of hydrogen-bond donors (Lipinski definition) is 1. The molecule has 3 heteroatoms. The summed E-state index contributed by atoms with van der Waals surface area (Å²) in [5, 5.41) is 3.34. The normalized spacial score (nSPS) is 10.3. The highest BCUT2D eigenvalue weighted by atomic mass is 16.5. The summed E-state index contributed by atoms with van der Waals surface area (Å²) < 4.78 is 5.06. The molecule has 0 aliphatic heterocycles. The van der Waals surface area contributed by atoms with Crippen molar-refractivity contribution in [2.45, 2.75) is 52.4 Å². The third-order valence-electron chi connectivity index (χ3n) is 3.27. The van der Waals surface area contributed by atoms with Crippen LogP contribution < -0.4 is 5.32 Å². The third kappa shape index (κ3) is 6.09. The summed E-state index contributed by atoms with van der Waals surface area (Å²) in [6.07, 6.45) is 7.63. The van der Waals surface area contributed by atoms with E-state index in [4.69, 9.17) is 4.74 Å². The molecule has 0 unspecified atom stereocenters. The lowest BCUT2D eigenvalue weighted by Gasteiger charge is -2.11. The zero-order valence-corrected chi connectivity index (χ0v) is 12.8. The molecule has 0 bridgehead atoms. The molecule has 1 N–H and O–H groups in total. The van der Waals surface area contributed by atoms with Crippen LogP contribution in [0.5, 0.6) is 0 Å². The summed E-state index contributed by atoms with van der Waals surface area (Å²) in [6.45, 7) is 5.37. The SMILES string of the molecule is CCCCCCCCNc1ccccc1C(=O)OCC. The second kappa shape index (κ2) is 10.3. The molecule has 0 aliphatic carbocycles. The summed E-state index contributed by atoms with van der Waals surface area (Å²) in [6, 6.07) is 7.54. The zero-order chi connectivity index (χ0) is 14.6. The van der Waals surface area contributed by atoms with E-state index in [0.717, 1.165) is 18.7 Å². The molecule has 20 heavy (non-hydrogen) atoms. The van der Waals surface area contributed by atoms with E-state index < -0.39 is 0 Å². The van der Waals surface area contributed by atoms with Gasteiger partial charge in [-0.25, -0.2) is 4.79 Å². The van der Waals surface area contributed by atoms with Gasteiger partial charge in [0.1, 0.15) is 0 Å². The van der Waals surface area contributed by atoms with Gasteiger partial charge in [0.05, 0.1) is 12.2 Å². The Balaban J connectivity index is 2.34. The number of carbonyl (C=O) groups is 1. The van der Waals surface area contributed by atoms with Gasteiger partial charge in [0.2, 0.25) is 0 Å². The van der Waals surface area contributed by atoms with Gasteiger partial charge in [-0.05, 0) is 25.5 Å². The van der Waals surface area contributed by atoms with Crippen molar-refractivity contribution in [2.75, 3.05) is 18.5 Å². The number of esters is 1. The number of unbranched alkanes of at least 4 members (excludes halogenated alkanes) is 5. The molecule has 0 aromatic heterocycles. The van der Waals surface area contributed by atoms with Crippen LogP contribution in [0.15, 0.2) is 24.3 Å². The smallest absolute Gasteiger partial charge is 0.340 e. The maximum absolute atomic E-state index is 11.8. The number of benzene rings is 1. The first-order valence-corrected chi connectivity index (χ1v) is 7.79. The molecule has 0 saturated heterocycles. The number of para-hydroxylation sites is 1. The summed E-state index contributed by atoms with van der Waals surface area (Å²) in [7, 11) is 0. The van der Waals surface area contributed by atoms with Crippen molar-refractivity contribution in [1.29, 1.82) is 0 Å². The van der Waals surface area contributed by atoms with Crippen LogP contribution in [0, 0.1) is 0 Å². The Hall–Kier alpha value is -1.51. The fraction of sp³-hybridized carbons (Fsp3) is 0.588. The number of ether oxygens (including phenoxy) is 1. The number of rotatable bonds is 10. The minimum atomic E-state index is -0.251. The lowest BCUT2D eigenvalue weighted by Crippen LogP contribution is -2.10. The summed E-state index contributed by atoms with van der Waals surface area (Å²) in [4.78, 5) is 11.8. The molecular formula is C17H27NO2. The first-order valence-electron chi connectivity index (χ1n) is 7.79. The van der Waals surface area contributed by atoms with Crippen LogP contribution in [-0.2, 0) is 4.74 Å². The summed E-state index contributed by atoms with van der Waals surface area (Å²) in [5.74, 6) is -0.251. The van der Waals surface area contributed by atoms with Crippen LogP contribution in [0.4, 0.5) is 5.69 Å². The van der Waals surface area contributed by atoms with Gasteiger partial charge in [0, 0.05) is 12.2 Å². The molecule has 0 fully saturated rings. The lowest BCUT2D eigenvalue weighted by atomic mass is 10.1. The Morgan fingerprint density at radius 3 is 2.50 bits per heavy atom. The highest BCUT2D eigenvalue weighted by Crippen LogP contribution is 2.16. The Kier molecular flexibility index (Phi) is 8.52. The van der Waals surface area contributed by atoms with Crippen molar-refractivity contribution >= 4 is 11.7 Å². The van der Waals surface area contributed by atoms with Crippen LogP contribution in [0.25, 0.3) is 0 Å². The standard InChI is InChI=1S/C17H27NO2/c1-3-5-6-7-8-11-14-18-16-13-10-9-12-15(16)17(19)20-4-2/h9-10,12-13,18H,3-8,11,14H2,1-2H3. The average Bonchev–Trinajstić information content (AvgIpc) is 2.47. The lowest BCUT2D eigenvalue weighted by molar-refractivity contribution is 0.0527. The molecule has 0 atom stereocenters. The Morgan fingerprint density at radius 1 is 1.05 bits per heavy atom. The Labute approximate surface area is 122 Å². The first kappa shape index (κ1) is 16.5. The molecular weight excluding hydrogens is 250 g/mol. The van der Waals surface area contributed by atoms with E-state index >= 15 is 0 Å². The molecule has 0 spiro atoms. The topological polar surface area (TPSA) is 38.3 Å². The number of carbonyl (C=O) groups excluding carboxylic acids is 1. The van der Waals surface area contributed by atoms with Crippen LogP contribution in [-0.4, -0.2) is 19.1 Å². The van der Waals surface area contributed by atoms with Crippen LogP contribution >= 0.6 is 0 Å². The highest BCUT2D eigenvalue weighted by Gasteiger charge is 2.10. The van der Waals surface area contributed by atoms with Crippen molar-refractivity contribution < 1.29 is 9.53 Å². The quantitative estimate of drug-likeness (QED) is 0.500. The molecule has 1 rings (SSSR count). The predicted octanol–water partition coefficient (Wildman–Crippen LogP) is 4.64. The summed E-state index contributed by atoms with van der Waals surface area (Å²) >= 11 is 0. The van der Waals surface area contributed by atoms with Crippen LogP contribution in [0.3, 0.4) is 0 Å². The molecule has 0 amide bonds. The number of nitrogens with one attached hydrogen (secondary N) is 1. The minimum absolute atomic E-state index is 0.251. The van der Waals surface area contributed by atoms with E-state index in [9.17, 15) is 4.79 Å². The highest BCUT2D eigenvalue weighted by molar-refractivity contribution is 5.95. The predicted molar refractivity (Wildman–Crippen MR) is 84.3 cm³/mol. The Morgan fingerprint density at radius 2 is 1.75 bits per heavy atom. The van der Waals surface area contributed by atoms with E-state index in [1.807, 2.05) is 31.2 Å². The monoisotopic (exact) mass is 277 g/mol. The molecule has 1 aromatic rings. The van der Waals surface area contributed by atoms with Crippen molar-refractivity contribution in [3.05, 3.63) is 29.8 Å². The molecule has 0 heterocycles. The van der Waals surface area contributed by atoms with E-state index in [-0.39, 0.29) is 5.97 Å². The van der Waals surface area contributed by atoms with Crippen molar-refractivity contribution in [1.82, 2.24) is 0 Å². The zero-order valence-electron chi connectivity index (χ0n) is 12.8. The van der Waals surface area contributed by atoms with Gasteiger partial charge in [-0.15, -0.1) is 0 Å². The number of hydrogen-bond acceptors (Lipinski definition) is 3. The van der Waals surface area contributed by atoms with E-state index in [0.29, 0.717) is 12.2 Å². The second-order valence-electron chi connectivity index (χ2n) is 4.96. The van der Waals surface area contributed by atoms with Gasteiger partial charge in [-0.2, -0.15) is 0 Å². The Bertz CT molecular complexity index is 390. The van der Waals surface area contributed by atoms with Crippen molar-refractivity contribution in [3.63, 3.8) is 0 Å². The first-order chi connectivity index (χ1) is 9.79. The molecule has 1 aromatic carbocycles. The molecule has 0 radical (unpaired) electrons. The van der Waals surface area contributed by atoms with Crippen LogP contribution in [0.2, 0.25) is 0 Å². The summed E-state index contributed by atoms with van der Waals surface area (Å²) in [5.41, 5.74) is 1.50. The fourth-order valence-electron chi connectivity index (χ4n) is 2.15. The molecule has 0 aliphatic rings. The maximum atomic E-state index is 11.8.